The number of nitrogens with zero attached hydrogens (tertiary/aromatic N) is 1. The van der Waals surface area contributed by atoms with Crippen molar-refractivity contribution in [3.05, 3.63) is 22.4 Å². The van der Waals surface area contributed by atoms with Crippen LogP contribution >= 0.6 is 11.3 Å². The van der Waals surface area contributed by atoms with E-state index in [1.54, 1.807) is 22.4 Å². The standard InChI is InChI=1S/C13H20N2O3S/c1-3-5-8-15(4-2)13(18)14-11(12(16)17)10-7-6-9-19-10/h6-7,9,11H,3-5,8H2,1-2H3,(H,14,18)(H,16,17). The second-order valence-corrected chi connectivity index (χ2v) is 5.15. The number of hydrogen-bond acceptors (Lipinski definition) is 3. The lowest BCUT2D eigenvalue weighted by molar-refractivity contribution is -0.139. The van der Waals surface area contributed by atoms with Gasteiger partial charge in [-0.1, -0.05) is 19.4 Å². The monoisotopic (exact) mass is 284 g/mol. The summed E-state index contributed by atoms with van der Waals surface area (Å²) in [6.07, 6.45) is 1.91. The van der Waals surface area contributed by atoms with Gasteiger partial charge in [0.25, 0.3) is 0 Å². The quantitative estimate of drug-likeness (QED) is 0.808. The van der Waals surface area contributed by atoms with Crippen LogP contribution in [0.1, 0.15) is 37.6 Å². The maximum atomic E-state index is 12.0. The fourth-order valence-electron chi connectivity index (χ4n) is 1.68. The fraction of sp³-hybridized carbons (Fsp3) is 0.538. The molecule has 0 bridgehead atoms. The Hall–Kier alpha value is -1.56. The number of aliphatic carboxylic acids is 1. The zero-order valence-electron chi connectivity index (χ0n) is 11.3. The van der Waals surface area contributed by atoms with Crippen molar-refractivity contribution in [1.82, 2.24) is 10.2 Å². The summed E-state index contributed by atoms with van der Waals surface area (Å²) in [6.45, 7) is 5.16. The molecule has 0 aliphatic rings. The first-order valence-electron chi connectivity index (χ1n) is 6.41. The highest BCUT2D eigenvalue weighted by molar-refractivity contribution is 7.10. The molecule has 0 saturated heterocycles. The van der Waals surface area contributed by atoms with Crippen molar-refractivity contribution in [2.75, 3.05) is 13.1 Å². The van der Waals surface area contributed by atoms with E-state index in [2.05, 4.69) is 12.2 Å². The van der Waals surface area contributed by atoms with Crippen LogP contribution in [-0.2, 0) is 4.79 Å². The first-order chi connectivity index (χ1) is 9.10. The van der Waals surface area contributed by atoms with Crippen molar-refractivity contribution in [3.8, 4) is 0 Å². The van der Waals surface area contributed by atoms with Gasteiger partial charge in [-0.2, -0.15) is 0 Å². The van der Waals surface area contributed by atoms with Crippen LogP contribution in [0.25, 0.3) is 0 Å². The van der Waals surface area contributed by atoms with E-state index >= 15 is 0 Å². The van der Waals surface area contributed by atoms with Crippen LogP contribution in [0, 0.1) is 0 Å². The summed E-state index contributed by atoms with van der Waals surface area (Å²) in [7, 11) is 0. The van der Waals surface area contributed by atoms with Crippen LogP contribution in [0.3, 0.4) is 0 Å². The second-order valence-electron chi connectivity index (χ2n) is 4.17. The number of nitrogens with one attached hydrogen (secondary N) is 1. The molecule has 0 aromatic carbocycles. The number of rotatable bonds is 7. The molecule has 1 unspecified atom stereocenters. The topological polar surface area (TPSA) is 69.6 Å². The summed E-state index contributed by atoms with van der Waals surface area (Å²) < 4.78 is 0. The lowest BCUT2D eigenvalue weighted by Gasteiger charge is -2.23. The molecule has 2 N–H and O–H groups in total. The Kier molecular flexibility index (Phi) is 6.35. The molecular formula is C13H20N2O3S. The van der Waals surface area contributed by atoms with Gasteiger partial charge in [0, 0.05) is 18.0 Å². The maximum absolute atomic E-state index is 12.0. The summed E-state index contributed by atoms with van der Waals surface area (Å²) in [5.41, 5.74) is 0. The summed E-state index contributed by atoms with van der Waals surface area (Å²) >= 11 is 1.32. The minimum Gasteiger partial charge on any atom is -0.479 e. The third-order valence-corrected chi connectivity index (χ3v) is 3.73. The molecule has 0 spiro atoms. The Balaban J connectivity index is 2.68. The molecule has 0 aliphatic heterocycles. The van der Waals surface area contributed by atoms with Crippen molar-refractivity contribution in [1.29, 1.82) is 0 Å². The van der Waals surface area contributed by atoms with Gasteiger partial charge in [-0.15, -0.1) is 11.3 Å². The van der Waals surface area contributed by atoms with Crippen molar-refractivity contribution < 1.29 is 14.7 Å². The van der Waals surface area contributed by atoms with E-state index in [9.17, 15) is 14.7 Å². The number of amides is 2. The van der Waals surface area contributed by atoms with E-state index in [-0.39, 0.29) is 6.03 Å². The molecule has 2 amide bonds. The summed E-state index contributed by atoms with van der Waals surface area (Å²) in [4.78, 5) is 25.5. The van der Waals surface area contributed by atoms with Gasteiger partial charge in [-0.3, -0.25) is 0 Å². The summed E-state index contributed by atoms with van der Waals surface area (Å²) in [5.74, 6) is -1.04. The molecule has 1 aromatic rings. The van der Waals surface area contributed by atoms with E-state index in [1.807, 2.05) is 6.92 Å². The highest BCUT2D eigenvalue weighted by Gasteiger charge is 2.24. The van der Waals surface area contributed by atoms with Crippen molar-refractivity contribution in [3.63, 3.8) is 0 Å². The zero-order valence-corrected chi connectivity index (χ0v) is 12.1. The van der Waals surface area contributed by atoms with Gasteiger partial charge in [-0.25, -0.2) is 9.59 Å². The first-order valence-corrected chi connectivity index (χ1v) is 7.29. The molecule has 5 nitrogen and oxygen atoms in total. The summed E-state index contributed by atoms with van der Waals surface area (Å²) in [5, 5.41) is 13.6. The van der Waals surface area contributed by atoms with Crippen molar-refractivity contribution in [2.45, 2.75) is 32.7 Å². The molecule has 6 heteroatoms. The number of thiophene rings is 1. The van der Waals surface area contributed by atoms with E-state index in [0.29, 0.717) is 18.0 Å². The minimum atomic E-state index is -1.04. The lowest BCUT2D eigenvalue weighted by atomic mass is 10.2. The first kappa shape index (κ1) is 15.5. The fourth-order valence-corrected chi connectivity index (χ4v) is 2.44. The smallest absolute Gasteiger partial charge is 0.331 e. The van der Waals surface area contributed by atoms with Crippen LogP contribution in [0.2, 0.25) is 0 Å². The van der Waals surface area contributed by atoms with Crippen LogP contribution < -0.4 is 5.32 Å². The van der Waals surface area contributed by atoms with Gasteiger partial charge in [0.2, 0.25) is 0 Å². The number of carboxylic acid groups (broad SMARTS) is 1. The molecule has 0 saturated carbocycles. The predicted octanol–water partition coefficient (Wildman–Crippen LogP) is 2.71. The van der Waals surface area contributed by atoms with Gasteiger partial charge in [0.15, 0.2) is 6.04 Å². The molecule has 1 atom stereocenters. The average molecular weight is 284 g/mol. The Morgan fingerprint density at radius 1 is 1.47 bits per heavy atom. The van der Waals surface area contributed by atoms with E-state index in [4.69, 9.17) is 0 Å². The Morgan fingerprint density at radius 3 is 2.68 bits per heavy atom. The molecule has 19 heavy (non-hydrogen) atoms. The average Bonchev–Trinajstić information content (AvgIpc) is 2.90. The second kappa shape index (κ2) is 7.78. The number of carbonyl (C=O) groups excluding carboxylic acids is 1. The third-order valence-electron chi connectivity index (χ3n) is 2.79. The largest absolute Gasteiger partial charge is 0.479 e. The zero-order chi connectivity index (χ0) is 14.3. The SMILES string of the molecule is CCCCN(CC)C(=O)NC(C(=O)O)c1cccs1. The number of carboxylic acids is 1. The Labute approximate surface area is 117 Å². The third kappa shape index (κ3) is 4.55. The highest BCUT2D eigenvalue weighted by atomic mass is 32.1. The van der Waals surface area contributed by atoms with Gasteiger partial charge in [-0.05, 0) is 24.8 Å². The van der Waals surface area contributed by atoms with E-state index < -0.39 is 12.0 Å². The van der Waals surface area contributed by atoms with Crippen LogP contribution in [0.15, 0.2) is 17.5 Å². The predicted molar refractivity (Wildman–Crippen MR) is 75.4 cm³/mol. The Morgan fingerprint density at radius 2 is 2.21 bits per heavy atom. The number of urea groups is 1. The molecule has 1 heterocycles. The van der Waals surface area contributed by atoms with Crippen molar-refractivity contribution in [2.24, 2.45) is 0 Å². The number of hydrogen-bond donors (Lipinski definition) is 2. The molecule has 0 fully saturated rings. The molecule has 0 radical (unpaired) electrons. The molecule has 1 aromatic heterocycles. The van der Waals surface area contributed by atoms with Crippen LogP contribution in [0.4, 0.5) is 4.79 Å². The molecular weight excluding hydrogens is 264 g/mol. The number of carbonyl (C=O) groups is 2. The van der Waals surface area contributed by atoms with Crippen molar-refractivity contribution >= 4 is 23.3 Å². The van der Waals surface area contributed by atoms with Gasteiger partial charge in [0.1, 0.15) is 0 Å². The summed E-state index contributed by atoms with van der Waals surface area (Å²) in [6, 6.07) is 2.20. The van der Waals surface area contributed by atoms with Crippen LogP contribution in [0.5, 0.6) is 0 Å². The molecule has 0 aliphatic carbocycles. The lowest BCUT2D eigenvalue weighted by Crippen LogP contribution is -2.43. The maximum Gasteiger partial charge on any atom is 0.331 e. The number of unbranched alkanes of at least 4 members (excludes halogenated alkanes) is 1. The molecule has 1 rings (SSSR count). The minimum absolute atomic E-state index is 0.322. The van der Waals surface area contributed by atoms with E-state index in [1.165, 1.54) is 11.3 Å². The Bertz CT molecular complexity index is 406. The van der Waals surface area contributed by atoms with Gasteiger partial charge < -0.3 is 15.3 Å². The van der Waals surface area contributed by atoms with E-state index in [0.717, 1.165) is 12.8 Å². The normalized spacial score (nSPS) is 11.9. The van der Waals surface area contributed by atoms with Gasteiger partial charge in [0.05, 0.1) is 0 Å². The van der Waals surface area contributed by atoms with Gasteiger partial charge >= 0.3 is 12.0 Å². The van der Waals surface area contributed by atoms with Crippen LogP contribution in [-0.4, -0.2) is 35.1 Å². The molecule has 106 valence electrons. The highest BCUT2D eigenvalue weighted by Crippen LogP contribution is 2.19.